The topological polar surface area (TPSA) is 58.6 Å². The fraction of sp³-hybridized carbons (Fsp3) is 0.688. The SMILES string of the molecule is Cc1nccnc1N(C)C[C@H]1CCCN1C(=O)OC(C)(C)C. The summed E-state index contributed by atoms with van der Waals surface area (Å²) in [4.78, 5) is 24.9. The van der Waals surface area contributed by atoms with Gasteiger partial charge < -0.3 is 14.5 Å². The molecule has 0 bridgehead atoms. The Balaban J connectivity index is 2.02. The van der Waals surface area contributed by atoms with Crippen molar-refractivity contribution in [2.75, 3.05) is 25.0 Å². The maximum absolute atomic E-state index is 12.3. The monoisotopic (exact) mass is 306 g/mol. The van der Waals surface area contributed by atoms with Gasteiger partial charge in [0.05, 0.1) is 11.7 Å². The van der Waals surface area contributed by atoms with Crippen molar-refractivity contribution in [3.8, 4) is 0 Å². The lowest BCUT2D eigenvalue weighted by Crippen LogP contribution is -2.44. The number of carbonyl (C=O) groups excluding carboxylic acids is 1. The average molecular weight is 306 g/mol. The van der Waals surface area contributed by atoms with E-state index in [4.69, 9.17) is 4.74 Å². The molecule has 0 N–H and O–H groups in total. The number of aryl methyl sites for hydroxylation is 1. The molecule has 6 nitrogen and oxygen atoms in total. The number of likely N-dealkylation sites (tertiary alicyclic amines) is 1. The van der Waals surface area contributed by atoms with Crippen LogP contribution in [0.1, 0.15) is 39.3 Å². The van der Waals surface area contributed by atoms with Gasteiger partial charge in [0.2, 0.25) is 0 Å². The summed E-state index contributed by atoms with van der Waals surface area (Å²) in [5, 5.41) is 0. The van der Waals surface area contributed by atoms with Gasteiger partial charge in [-0.3, -0.25) is 4.98 Å². The van der Waals surface area contributed by atoms with Crippen LogP contribution in [0.15, 0.2) is 12.4 Å². The van der Waals surface area contributed by atoms with Crippen LogP contribution < -0.4 is 4.90 Å². The summed E-state index contributed by atoms with van der Waals surface area (Å²) >= 11 is 0. The van der Waals surface area contributed by atoms with Crippen molar-refractivity contribution < 1.29 is 9.53 Å². The third-order valence-electron chi connectivity index (χ3n) is 3.71. The maximum Gasteiger partial charge on any atom is 0.410 e. The normalized spacial score (nSPS) is 18.4. The van der Waals surface area contributed by atoms with Crippen molar-refractivity contribution >= 4 is 11.9 Å². The number of amides is 1. The van der Waals surface area contributed by atoms with E-state index >= 15 is 0 Å². The molecule has 1 atom stereocenters. The molecule has 0 aliphatic carbocycles. The first-order chi connectivity index (χ1) is 10.3. The highest BCUT2D eigenvalue weighted by Crippen LogP contribution is 2.23. The number of aromatic nitrogens is 2. The molecule has 0 unspecified atom stereocenters. The molecule has 0 aromatic carbocycles. The van der Waals surface area contributed by atoms with Gasteiger partial charge in [0.25, 0.3) is 0 Å². The van der Waals surface area contributed by atoms with Gasteiger partial charge in [0, 0.05) is 32.5 Å². The van der Waals surface area contributed by atoms with Gasteiger partial charge in [-0.25, -0.2) is 9.78 Å². The summed E-state index contributed by atoms with van der Waals surface area (Å²) in [6, 6.07) is 0.154. The molecule has 1 saturated heterocycles. The van der Waals surface area contributed by atoms with E-state index in [0.29, 0.717) is 0 Å². The van der Waals surface area contributed by atoms with Crippen LogP contribution in [0.5, 0.6) is 0 Å². The van der Waals surface area contributed by atoms with Gasteiger partial charge in [-0.15, -0.1) is 0 Å². The second-order valence-corrected chi connectivity index (χ2v) is 6.82. The minimum atomic E-state index is -0.461. The first kappa shape index (κ1) is 16.5. The van der Waals surface area contributed by atoms with E-state index in [1.807, 2.05) is 39.6 Å². The number of nitrogens with zero attached hydrogens (tertiary/aromatic N) is 4. The molecule has 6 heteroatoms. The number of carbonyl (C=O) groups is 1. The fourth-order valence-corrected chi connectivity index (χ4v) is 2.76. The zero-order valence-electron chi connectivity index (χ0n) is 14.2. The molecule has 22 heavy (non-hydrogen) atoms. The predicted molar refractivity (Wildman–Crippen MR) is 86.0 cm³/mol. The van der Waals surface area contributed by atoms with E-state index in [0.717, 1.165) is 37.4 Å². The first-order valence-electron chi connectivity index (χ1n) is 7.76. The smallest absolute Gasteiger partial charge is 0.410 e. The standard InChI is InChI=1S/C16H26N4O2/c1-12-14(18-9-8-17-12)19(5)11-13-7-6-10-20(13)15(21)22-16(2,3)4/h8-9,13H,6-7,10-11H2,1-5H3/t13-/m1/s1. The van der Waals surface area contributed by atoms with Gasteiger partial charge in [-0.05, 0) is 40.5 Å². The molecule has 1 fully saturated rings. The molecule has 2 heterocycles. The fourth-order valence-electron chi connectivity index (χ4n) is 2.76. The van der Waals surface area contributed by atoms with Crippen LogP contribution in [0.25, 0.3) is 0 Å². The Morgan fingerprint density at radius 1 is 1.41 bits per heavy atom. The maximum atomic E-state index is 12.3. The van der Waals surface area contributed by atoms with Crippen LogP contribution in [0.3, 0.4) is 0 Å². The molecule has 1 aliphatic rings. The molecule has 0 spiro atoms. The molecule has 1 aromatic heterocycles. The summed E-state index contributed by atoms with van der Waals surface area (Å²) < 4.78 is 5.50. The number of rotatable bonds is 3. The lowest BCUT2D eigenvalue weighted by Gasteiger charge is -2.31. The average Bonchev–Trinajstić information content (AvgIpc) is 2.85. The summed E-state index contributed by atoms with van der Waals surface area (Å²) in [5.74, 6) is 0.860. The van der Waals surface area contributed by atoms with Crippen molar-refractivity contribution in [2.24, 2.45) is 0 Å². The zero-order chi connectivity index (χ0) is 16.3. The highest BCUT2D eigenvalue weighted by molar-refractivity contribution is 5.69. The lowest BCUT2D eigenvalue weighted by atomic mass is 10.2. The van der Waals surface area contributed by atoms with E-state index < -0.39 is 5.60 Å². The van der Waals surface area contributed by atoms with Gasteiger partial charge in [0.1, 0.15) is 11.4 Å². The minimum Gasteiger partial charge on any atom is -0.444 e. The van der Waals surface area contributed by atoms with E-state index in [1.165, 1.54) is 0 Å². The molecule has 122 valence electrons. The predicted octanol–water partition coefficient (Wildman–Crippen LogP) is 2.62. The second-order valence-electron chi connectivity index (χ2n) is 6.82. The second kappa shape index (κ2) is 6.50. The Bertz CT molecular complexity index is 527. The molecule has 0 radical (unpaired) electrons. The first-order valence-corrected chi connectivity index (χ1v) is 7.76. The van der Waals surface area contributed by atoms with E-state index in [-0.39, 0.29) is 12.1 Å². The molecular formula is C16H26N4O2. The molecule has 0 saturated carbocycles. The van der Waals surface area contributed by atoms with Crippen LogP contribution in [-0.4, -0.2) is 52.7 Å². The van der Waals surface area contributed by atoms with Crippen molar-refractivity contribution in [1.29, 1.82) is 0 Å². The van der Waals surface area contributed by atoms with Gasteiger partial charge in [0.15, 0.2) is 0 Å². The van der Waals surface area contributed by atoms with E-state index in [2.05, 4.69) is 14.9 Å². The number of ether oxygens (including phenoxy) is 1. The third kappa shape index (κ3) is 4.08. The summed E-state index contributed by atoms with van der Waals surface area (Å²) in [6.45, 7) is 9.12. The molecular weight excluding hydrogens is 280 g/mol. The number of hydrogen-bond donors (Lipinski definition) is 0. The molecule has 1 aromatic rings. The highest BCUT2D eigenvalue weighted by Gasteiger charge is 2.33. The Morgan fingerprint density at radius 3 is 2.73 bits per heavy atom. The summed E-state index contributed by atoms with van der Waals surface area (Å²) in [7, 11) is 1.99. The van der Waals surface area contributed by atoms with Crippen molar-refractivity contribution in [2.45, 2.75) is 52.2 Å². The highest BCUT2D eigenvalue weighted by atomic mass is 16.6. The van der Waals surface area contributed by atoms with Crippen LogP contribution in [0.4, 0.5) is 10.6 Å². The van der Waals surface area contributed by atoms with Crippen molar-refractivity contribution in [3.63, 3.8) is 0 Å². The van der Waals surface area contributed by atoms with Gasteiger partial charge in [-0.1, -0.05) is 0 Å². The Labute approximate surface area is 132 Å². The quantitative estimate of drug-likeness (QED) is 0.859. The number of likely N-dealkylation sites (N-methyl/N-ethyl adjacent to an activating group) is 1. The van der Waals surface area contributed by atoms with Crippen LogP contribution in [0, 0.1) is 6.92 Å². The summed E-state index contributed by atoms with van der Waals surface area (Å²) in [5.41, 5.74) is 0.435. The van der Waals surface area contributed by atoms with E-state index in [9.17, 15) is 4.79 Å². The zero-order valence-corrected chi connectivity index (χ0v) is 14.2. The minimum absolute atomic E-state index is 0.154. The number of hydrogen-bond acceptors (Lipinski definition) is 5. The van der Waals surface area contributed by atoms with Crippen LogP contribution in [0.2, 0.25) is 0 Å². The molecule has 1 amide bonds. The van der Waals surface area contributed by atoms with Crippen molar-refractivity contribution in [1.82, 2.24) is 14.9 Å². The van der Waals surface area contributed by atoms with Crippen molar-refractivity contribution in [3.05, 3.63) is 18.1 Å². The van der Waals surface area contributed by atoms with Crippen LogP contribution >= 0.6 is 0 Å². The number of anilines is 1. The summed E-state index contributed by atoms with van der Waals surface area (Å²) in [6.07, 6.45) is 5.16. The third-order valence-corrected chi connectivity index (χ3v) is 3.71. The Hall–Kier alpha value is -1.85. The lowest BCUT2D eigenvalue weighted by molar-refractivity contribution is 0.0232. The van der Waals surface area contributed by atoms with Gasteiger partial charge in [-0.2, -0.15) is 0 Å². The molecule has 1 aliphatic heterocycles. The largest absolute Gasteiger partial charge is 0.444 e. The van der Waals surface area contributed by atoms with Crippen LogP contribution in [-0.2, 0) is 4.74 Å². The van der Waals surface area contributed by atoms with Gasteiger partial charge >= 0.3 is 6.09 Å². The van der Waals surface area contributed by atoms with E-state index in [1.54, 1.807) is 12.4 Å². The Kier molecular flexibility index (Phi) is 4.88. The molecule has 2 rings (SSSR count). The Morgan fingerprint density at radius 2 is 2.09 bits per heavy atom.